The molecule has 0 amide bonds. The van der Waals surface area contributed by atoms with E-state index >= 15 is 0 Å². The van der Waals surface area contributed by atoms with Crippen molar-refractivity contribution in [3.8, 4) is 11.5 Å². The summed E-state index contributed by atoms with van der Waals surface area (Å²) in [5, 5.41) is 4.53. The highest BCUT2D eigenvalue weighted by Gasteiger charge is 2.36. The molecule has 0 fully saturated rings. The van der Waals surface area contributed by atoms with Gasteiger partial charge in [0.25, 0.3) is 0 Å². The highest BCUT2D eigenvalue weighted by atomic mass is 16.6. The molecule has 30 heavy (non-hydrogen) atoms. The maximum Gasteiger partial charge on any atom is 0.170 e. The van der Waals surface area contributed by atoms with Crippen LogP contribution < -0.4 is 9.47 Å². The normalized spacial score (nSPS) is 17.9. The number of hydrogen-bond acceptors (Lipinski definition) is 2. The Bertz CT molecular complexity index is 1240. The van der Waals surface area contributed by atoms with Gasteiger partial charge in [-0.2, -0.15) is 0 Å². The van der Waals surface area contributed by atoms with E-state index in [2.05, 4.69) is 97.1 Å². The topological polar surface area (TPSA) is 18.5 Å². The molecule has 2 nitrogen and oxygen atoms in total. The van der Waals surface area contributed by atoms with Crippen LogP contribution in [0.15, 0.2) is 109 Å². The second kappa shape index (κ2) is 6.93. The largest absolute Gasteiger partial charge is 0.477 e. The van der Waals surface area contributed by atoms with Gasteiger partial charge in [-0.15, -0.1) is 0 Å². The van der Waals surface area contributed by atoms with E-state index in [1.165, 1.54) is 10.8 Å². The Morgan fingerprint density at radius 2 is 0.700 bits per heavy atom. The minimum Gasteiger partial charge on any atom is -0.477 e. The first-order chi connectivity index (χ1) is 14.9. The van der Waals surface area contributed by atoms with Crippen molar-refractivity contribution in [1.29, 1.82) is 0 Å². The predicted molar refractivity (Wildman–Crippen MR) is 121 cm³/mol. The molecule has 1 aliphatic rings. The average Bonchev–Trinajstić information content (AvgIpc) is 2.84. The molecule has 0 spiro atoms. The number of rotatable bonds is 2. The highest BCUT2D eigenvalue weighted by molar-refractivity contribution is 6.13. The molecule has 5 aromatic carbocycles. The van der Waals surface area contributed by atoms with Crippen LogP contribution in [-0.4, -0.2) is 0 Å². The Hall–Kier alpha value is -3.78. The van der Waals surface area contributed by atoms with E-state index in [1.807, 2.05) is 12.1 Å². The zero-order valence-corrected chi connectivity index (χ0v) is 16.4. The lowest BCUT2D eigenvalue weighted by molar-refractivity contribution is 0.0215. The van der Waals surface area contributed by atoms with Gasteiger partial charge in [-0.05, 0) is 21.9 Å². The minimum atomic E-state index is -0.231. The van der Waals surface area contributed by atoms with E-state index < -0.39 is 0 Å². The first kappa shape index (κ1) is 17.1. The monoisotopic (exact) mass is 388 g/mol. The summed E-state index contributed by atoms with van der Waals surface area (Å²) in [4.78, 5) is 0. The second-order valence-corrected chi connectivity index (χ2v) is 7.65. The lowest BCUT2D eigenvalue weighted by Crippen LogP contribution is -2.26. The van der Waals surface area contributed by atoms with E-state index in [9.17, 15) is 0 Å². The zero-order chi connectivity index (χ0) is 19.9. The molecule has 144 valence electrons. The molecule has 6 rings (SSSR count). The first-order valence-electron chi connectivity index (χ1n) is 10.3. The van der Waals surface area contributed by atoms with Crippen molar-refractivity contribution in [2.75, 3.05) is 0 Å². The van der Waals surface area contributed by atoms with E-state index in [4.69, 9.17) is 9.47 Å². The summed E-state index contributed by atoms with van der Waals surface area (Å²) in [6.07, 6.45) is -0.462. The van der Waals surface area contributed by atoms with E-state index in [1.54, 1.807) is 0 Å². The Balaban J connectivity index is 1.63. The Morgan fingerprint density at radius 3 is 1.10 bits per heavy atom. The molecule has 0 saturated carbocycles. The Labute approximate surface area is 175 Å². The summed E-state index contributed by atoms with van der Waals surface area (Å²) < 4.78 is 13.6. The minimum absolute atomic E-state index is 0.231. The quantitative estimate of drug-likeness (QED) is 0.297. The van der Waals surface area contributed by atoms with Crippen LogP contribution in [-0.2, 0) is 0 Å². The summed E-state index contributed by atoms with van der Waals surface area (Å²) in [5.41, 5.74) is 2.21. The summed E-state index contributed by atoms with van der Waals surface area (Å²) in [6.45, 7) is 0. The number of hydrogen-bond donors (Lipinski definition) is 0. The maximum atomic E-state index is 6.78. The fraction of sp³-hybridized carbons (Fsp3) is 0.0714. The summed E-state index contributed by atoms with van der Waals surface area (Å²) >= 11 is 0. The molecule has 2 heteroatoms. The molecule has 0 bridgehead atoms. The maximum absolute atomic E-state index is 6.78. The van der Waals surface area contributed by atoms with Crippen LogP contribution in [0.2, 0.25) is 0 Å². The van der Waals surface area contributed by atoms with E-state index in [0.717, 1.165) is 33.4 Å². The standard InChI is InChI=1S/C28H20O2/c1-3-11-19(12-4-1)25-26(20-13-5-2-6-14-20)30-28-24-18-10-8-16-22(24)21-15-7-9-17-23(21)27(28)29-25/h1-18,25-26H/t25-,26?/m0/s1. The third-order valence-electron chi connectivity index (χ3n) is 5.86. The first-order valence-corrected chi connectivity index (χ1v) is 10.3. The van der Waals surface area contributed by atoms with Gasteiger partial charge in [-0.3, -0.25) is 0 Å². The summed E-state index contributed by atoms with van der Waals surface area (Å²) in [7, 11) is 0. The van der Waals surface area contributed by atoms with Crippen LogP contribution in [0.1, 0.15) is 23.3 Å². The van der Waals surface area contributed by atoms with Gasteiger partial charge >= 0.3 is 0 Å². The van der Waals surface area contributed by atoms with Crippen molar-refractivity contribution in [3.63, 3.8) is 0 Å². The highest BCUT2D eigenvalue weighted by Crippen LogP contribution is 2.52. The van der Waals surface area contributed by atoms with Crippen LogP contribution >= 0.6 is 0 Å². The second-order valence-electron chi connectivity index (χ2n) is 7.65. The Kier molecular flexibility index (Phi) is 3.95. The average molecular weight is 388 g/mol. The molecule has 1 aliphatic heterocycles. The van der Waals surface area contributed by atoms with Crippen molar-refractivity contribution >= 4 is 21.5 Å². The zero-order valence-electron chi connectivity index (χ0n) is 16.4. The van der Waals surface area contributed by atoms with Gasteiger partial charge in [0.1, 0.15) is 0 Å². The smallest absolute Gasteiger partial charge is 0.170 e. The lowest BCUT2D eigenvalue weighted by Gasteiger charge is -2.36. The predicted octanol–water partition coefficient (Wildman–Crippen LogP) is 7.25. The summed E-state index contributed by atoms with van der Waals surface area (Å²) in [6, 6.07) is 37.5. The van der Waals surface area contributed by atoms with Crippen LogP contribution in [0.4, 0.5) is 0 Å². The van der Waals surface area contributed by atoms with Gasteiger partial charge in [-0.1, -0.05) is 109 Å². The Morgan fingerprint density at radius 1 is 0.367 bits per heavy atom. The van der Waals surface area contributed by atoms with Crippen molar-refractivity contribution in [2.24, 2.45) is 0 Å². The van der Waals surface area contributed by atoms with Gasteiger partial charge in [0.15, 0.2) is 23.7 Å². The van der Waals surface area contributed by atoms with Gasteiger partial charge in [0.05, 0.1) is 0 Å². The SMILES string of the molecule is c1ccc(C2Oc3c(c4ccccc4c4ccccc34)O[C@H]2c2ccccc2)cc1. The van der Waals surface area contributed by atoms with Crippen molar-refractivity contribution in [2.45, 2.75) is 12.2 Å². The van der Waals surface area contributed by atoms with E-state index in [-0.39, 0.29) is 12.2 Å². The van der Waals surface area contributed by atoms with Crippen molar-refractivity contribution < 1.29 is 9.47 Å². The molecule has 1 heterocycles. The molecule has 0 aromatic heterocycles. The van der Waals surface area contributed by atoms with Crippen LogP contribution in [0, 0.1) is 0 Å². The third-order valence-corrected chi connectivity index (χ3v) is 5.86. The van der Waals surface area contributed by atoms with Gasteiger partial charge in [0.2, 0.25) is 0 Å². The number of benzene rings is 5. The molecule has 2 atom stereocenters. The number of fused-ring (bicyclic) bond motifs is 6. The van der Waals surface area contributed by atoms with Gasteiger partial charge < -0.3 is 9.47 Å². The van der Waals surface area contributed by atoms with Crippen LogP contribution in [0.5, 0.6) is 11.5 Å². The van der Waals surface area contributed by atoms with Crippen molar-refractivity contribution in [3.05, 3.63) is 120 Å². The van der Waals surface area contributed by atoms with Crippen LogP contribution in [0.25, 0.3) is 21.5 Å². The molecular weight excluding hydrogens is 368 g/mol. The third kappa shape index (κ3) is 2.65. The van der Waals surface area contributed by atoms with Crippen LogP contribution in [0.3, 0.4) is 0 Å². The summed E-state index contributed by atoms with van der Waals surface area (Å²) in [5.74, 6) is 1.65. The molecule has 1 unspecified atom stereocenters. The number of ether oxygens (including phenoxy) is 2. The molecule has 0 aliphatic carbocycles. The van der Waals surface area contributed by atoms with Crippen molar-refractivity contribution in [1.82, 2.24) is 0 Å². The fourth-order valence-electron chi connectivity index (χ4n) is 4.46. The molecule has 0 saturated heterocycles. The fourth-order valence-corrected chi connectivity index (χ4v) is 4.46. The molecule has 5 aromatic rings. The molecule has 0 N–H and O–H groups in total. The van der Waals surface area contributed by atoms with Gasteiger partial charge in [-0.25, -0.2) is 0 Å². The van der Waals surface area contributed by atoms with Gasteiger partial charge in [0, 0.05) is 10.8 Å². The van der Waals surface area contributed by atoms with E-state index in [0.29, 0.717) is 0 Å². The molecular formula is C28H20O2. The molecule has 0 radical (unpaired) electrons. The lowest BCUT2D eigenvalue weighted by atomic mass is 9.94.